The Bertz CT molecular complexity index is 956. The van der Waals surface area contributed by atoms with Crippen LogP contribution in [-0.4, -0.2) is 17.3 Å². The fraction of sp³-hybridized carbons (Fsp3) is 0.0476. The molecular weight excluding hydrogens is 364 g/mol. The first kappa shape index (κ1) is 18.5. The van der Waals surface area contributed by atoms with Gasteiger partial charge in [-0.05, 0) is 47.5 Å². The fourth-order valence-electron chi connectivity index (χ4n) is 2.38. The van der Waals surface area contributed by atoms with E-state index in [4.69, 9.17) is 16.3 Å². The maximum absolute atomic E-state index is 11.2. The van der Waals surface area contributed by atoms with Gasteiger partial charge in [-0.25, -0.2) is 4.79 Å². The molecule has 0 unspecified atom stereocenters. The minimum absolute atomic E-state index is 0.162. The van der Waals surface area contributed by atoms with Crippen LogP contribution in [0.3, 0.4) is 0 Å². The first-order chi connectivity index (χ1) is 13.1. The van der Waals surface area contributed by atoms with Crippen LogP contribution in [0, 0.1) is 0 Å². The minimum atomic E-state index is -1.01. The van der Waals surface area contributed by atoms with Gasteiger partial charge in [0.05, 0.1) is 17.5 Å². The quantitative estimate of drug-likeness (QED) is 0.443. The topological polar surface area (TPSA) is 70.9 Å². The maximum atomic E-state index is 11.2. The lowest BCUT2D eigenvalue weighted by molar-refractivity contribution is 0.0698. The van der Waals surface area contributed by atoms with Crippen molar-refractivity contribution in [2.45, 2.75) is 6.61 Å². The van der Waals surface area contributed by atoms with Crippen molar-refractivity contribution in [1.29, 1.82) is 0 Å². The average Bonchev–Trinajstić information content (AvgIpc) is 2.68. The smallest absolute Gasteiger partial charge is 0.337 e. The van der Waals surface area contributed by atoms with E-state index in [1.807, 2.05) is 48.5 Å². The highest BCUT2D eigenvalue weighted by Crippen LogP contribution is 2.17. The average molecular weight is 381 g/mol. The normalized spacial score (nSPS) is 10.7. The summed E-state index contributed by atoms with van der Waals surface area (Å²) < 4.78 is 5.78. The molecule has 27 heavy (non-hydrogen) atoms. The van der Waals surface area contributed by atoms with E-state index >= 15 is 0 Å². The van der Waals surface area contributed by atoms with Gasteiger partial charge < -0.3 is 9.84 Å². The van der Waals surface area contributed by atoms with Crippen LogP contribution in [0.2, 0.25) is 5.02 Å². The molecule has 0 aliphatic heterocycles. The van der Waals surface area contributed by atoms with Crippen LogP contribution in [0.5, 0.6) is 5.75 Å². The molecule has 0 atom stereocenters. The molecule has 0 radical (unpaired) electrons. The second-order valence-corrected chi connectivity index (χ2v) is 6.14. The number of nitrogens with one attached hydrogen (secondary N) is 1. The zero-order valence-corrected chi connectivity index (χ0v) is 15.1. The summed E-state index contributed by atoms with van der Waals surface area (Å²) in [5.41, 5.74) is 5.19. The number of hydrogen-bond donors (Lipinski definition) is 2. The van der Waals surface area contributed by atoms with Gasteiger partial charge in [0.25, 0.3) is 0 Å². The van der Waals surface area contributed by atoms with Crippen molar-refractivity contribution in [2.75, 3.05) is 5.43 Å². The van der Waals surface area contributed by atoms with E-state index in [1.54, 1.807) is 24.4 Å². The second-order valence-electron chi connectivity index (χ2n) is 5.71. The molecule has 0 bridgehead atoms. The van der Waals surface area contributed by atoms with E-state index in [1.165, 1.54) is 6.07 Å². The molecule has 0 aliphatic rings. The molecule has 6 heteroatoms. The molecule has 0 fully saturated rings. The van der Waals surface area contributed by atoms with Crippen molar-refractivity contribution in [3.8, 4) is 5.75 Å². The van der Waals surface area contributed by atoms with Gasteiger partial charge in [-0.15, -0.1) is 0 Å². The SMILES string of the molecule is O=C(O)c1ccccc1N/N=C/c1cccc(OCc2ccc(Cl)cc2)c1. The van der Waals surface area contributed by atoms with Crippen LogP contribution in [0.15, 0.2) is 77.9 Å². The minimum Gasteiger partial charge on any atom is -0.489 e. The van der Waals surface area contributed by atoms with E-state index in [0.717, 1.165) is 11.1 Å². The summed E-state index contributed by atoms with van der Waals surface area (Å²) in [5, 5.41) is 14.0. The van der Waals surface area contributed by atoms with Crippen molar-refractivity contribution in [2.24, 2.45) is 5.10 Å². The Balaban J connectivity index is 1.63. The molecular formula is C21H17ClN2O3. The lowest BCUT2D eigenvalue weighted by Crippen LogP contribution is -2.02. The predicted octanol–water partition coefficient (Wildman–Crippen LogP) is 5.06. The van der Waals surface area contributed by atoms with E-state index < -0.39 is 5.97 Å². The summed E-state index contributed by atoms with van der Waals surface area (Å²) in [6, 6.07) is 21.5. The van der Waals surface area contributed by atoms with Crippen LogP contribution in [-0.2, 0) is 6.61 Å². The molecule has 2 N–H and O–H groups in total. The number of aromatic carboxylic acids is 1. The van der Waals surface area contributed by atoms with E-state index in [0.29, 0.717) is 23.1 Å². The molecule has 3 rings (SSSR count). The highest BCUT2D eigenvalue weighted by Gasteiger charge is 2.07. The Hall–Kier alpha value is -3.31. The number of benzene rings is 3. The lowest BCUT2D eigenvalue weighted by Gasteiger charge is -2.07. The molecule has 0 heterocycles. The third-order valence-corrected chi connectivity index (χ3v) is 3.98. The van der Waals surface area contributed by atoms with Crippen LogP contribution < -0.4 is 10.2 Å². The van der Waals surface area contributed by atoms with Gasteiger partial charge in [-0.2, -0.15) is 5.10 Å². The number of hydrazone groups is 1. The number of para-hydroxylation sites is 1. The van der Waals surface area contributed by atoms with Crippen LogP contribution >= 0.6 is 11.6 Å². The van der Waals surface area contributed by atoms with Crippen LogP contribution in [0.1, 0.15) is 21.5 Å². The number of ether oxygens (including phenoxy) is 1. The summed E-state index contributed by atoms with van der Waals surface area (Å²) in [4.78, 5) is 11.2. The van der Waals surface area contributed by atoms with Gasteiger partial charge in [-0.3, -0.25) is 5.43 Å². The Kier molecular flexibility index (Phi) is 6.07. The monoisotopic (exact) mass is 380 g/mol. The van der Waals surface area contributed by atoms with Gasteiger partial charge in [0.15, 0.2) is 0 Å². The summed E-state index contributed by atoms with van der Waals surface area (Å²) >= 11 is 5.88. The number of anilines is 1. The number of carboxylic acid groups (broad SMARTS) is 1. The first-order valence-corrected chi connectivity index (χ1v) is 8.58. The van der Waals surface area contributed by atoms with Crippen LogP contribution in [0.25, 0.3) is 0 Å². The molecule has 0 saturated heterocycles. The first-order valence-electron chi connectivity index (χ1n) is 8.20. The number of rotatable bonds is 7. The highest BCUT2D eigenvalue weighted by atomic mass is 35.5. The Morgan fingerprint density at radius 2 is 1.85 bits per heavy atom. The summed E-state index contributed by atoms with van der Waals surface area (Å²) in [6.45, 7) is 0.433. The molecule has 5 nitrogen and oxygen atoms in total. The number of carboxylic acids is 1. The maximum Gasteiger partial charge on any atom is 0.337 e. The van der Waals surface area contributed by atoms with E-state index in [2.05, 4.69) is 10.5 Å². The van der Waals surface area contributed by atoms with E-state index in [-0.39, 0.29) is 5.56 Å². The zero-order chi connectivity index (χ0) is 19.1. The molecule has 3 aromatic carbocycles. The molecule has 3 aromatic rings. The van der Waals surface area contributed by atoms with Crippen molar-refractivity contribution in [3.63, 3.8) is 0 Å². The third-order valence-electron chi connectivity index (χ3n) is 3.73. The zero-order valence-electron chi connectivity index (χ0n) is 14.3. The predicted molar refractivity (Wildman–Crippen MR) is 107 cm³/mol. The lowest BCUT2D eigenvalue weighted by atomic mass is 10.2. The van der Waals surface area contributed by atoms with Crippen molar-refractivity contribution < 1.29 is 14.6 Å². The molecule has 0 aromatic heterocycles. The second kappa shape index (κ2) is 8.87. The van der Waals surface area contributed by atoms with Crippen LogP contribution in [0.4, 0.5) is 5.69 Å². The van der Waals surface area contributed by atoms with Crippen molar-refractivity contribution >= 4 is 29.5 Å². The molecule has 0 saturated carbocycles. The summed E-state index contributed by atoms with van der Waals surface area (Å²) in [6.07, 6.45) is 1.60. The van der Waals surface area contributed by atoms with Gasteiger partial charge in [-0.1, -0.05) is 48.0 Å². The van der Waals surface area contributed by atoms with Gasteiger partial charge in [0, 0.05) is 5.02 Å². The molecule has 0 aliphatic carbocycles. The third kappa shape index (κ3) is 5.33. The Morgan fingerprint density at radius 1 is 1.07 bits per heavy atom. The molecule has 136 valence electrons. The number of nitrogens with zero attached hydrogens (tertiary/aromatic N) is 1. The van der Waals surface area contributed by atoms with E-state index in [9.17, 15) is 9.90 Å². The summed E-state index contributed by atoms with van der Waals surface area (Å²) in [7, 11) is 0. The van der Waals surface area contributed by atoms with Gasteiger partial charge in [0.2, 0.25) is 0 Å². The molecule has 0 spiro atoms. The highest BCUT2D eigenvalue weighted by molar-refractivity contribution is 6.30. The Morgan fingerprint density at radius 3 is 2.63 bits per heavy atom. The summed E-state index contributed by atoms with van der Waals surface area (Å²) in [5.74, 6) is -0.300. The number of carbonyl (C=O) groups is 1. The van der Waals surface area contributed by atoms with Crippen molar-refractivity contribution in [3.05, 3.63) is 94.5 Å². The Labute approximate surface area is 161 Å². The van der Waals surface area contributed by atoms with Gasteiger partial charge in [0.1, 0.15) is 12.4 Å². The largest absolute Gasteiger partial charge is 0.489 e. The molecule has 0 amide bonds. The fourth-order valence-corrected chi connectivity index (χ4v) is 2.50. The standard InChI is InChI=1S/C21H17ClN2O3/c22-17-10-8-15(9-11-17)14-27-18-5-3-4-16(12-18)13-23-24-20-7-2-1-6-19(20)21(25)26/h1-13,24H,14H2,(H,25,26)/b23-13+. The number of halogens is 1. The number of hydrogen-bond acceptors (Lipinski definition) is 4. The van der Waals surface area contributed by atoms with Gasteiger partial charge >= 0.3 is 5.97 Å². The van der Waals surface area contributed by atoms with Crippen molar-refractivity contribution in [1.82, 2.24) is 0 Å².